The third-order valence-electron chi connectivity index (χ3n) is 2.34. The van der Waals surface area contributed by atoms with Crippen LogP contribution in [0, 0.1) is 0 Å². The molecule has 2 N–H and O–H groups in total. The number of benzene rings is 1. The van der Waals surface area contributed by atoms with Crippen LogP contribution >= 0.6 is 27.7 Å². The number of halogens is 1. The van der Waals surface area contributed by atoms with Gasteiger partial charge in [-0.05, 0) is 24.0 Å². The molecule has 2 aromatic rings. The predicted octanol–water partition coefficient (Wildman–Crippen LogP) is 2.77. The molecule has 0 aliphatic carbocycles. The lowest BCUT2D eigenvalue weighted by Crippen LogP contribution is -2.13. The fourth-order valence-electron chi connectivity index (χ4n) is 1.62. The van der Waals surface area contributed by atoms with E-state index in [-0.39, 0.29) is 17.0 Å². The lowest BCUT2D eigenvalue weighted by molar-refractivity contribution is 0.451. The molecular formula is C12H11BrN2O2S. The van der Waals surface area contributed by atoms with Gasteiger partial charge in [0.1, 0.15) is 11.4 Å². The first kappa shape index (κ1) is 13.2. The molecule has 94 valence electrons. The molecule has 0 radical (unpaired) electrons. The van der Waals surface area contributed by atoms with Crippen molar-refractivity contribution in [3.05, 3.63) is 44.9 Å². The second-order valence-corrected chi connectivity index (χ2v) is 5.44. The maximum Gasteiger partial charge on any atom is 0.262 e. The summed E-state index contributed by atoms with van der Waals surface area (Å²) in [4.78, 5) is 18.6. The van der Waals surface area contributed by atoms with Crippen LogP contribution in [0.3, 0.4) is 0 Å². The van der Waals surface area contributed by atoms with Gasteiger partial charge in [0.15, 0.2) is 0 Å². The van der Waals surface area contributed by atoms with E-state index in [4.69, 9.17) is 0 Å². The summed E-state index contributed by atoms with van der Waals surface area (Å²) in [5.74, 6) is 0.798. The minimum Gasteiger partial charge on any atom is -0.493 e. The summed E-state index contributed by atoms with van der Waals surface area (Å²) in [6.45, 7) is 0. The van der Waals surface area contributed by atoms with Crippen molar-refractivity contribution >= 4 is 27.7 Å². The van der Waals surface area contributed by atoms with Gasteiger partial charge in [0.05, 0.1) is 5.75 Å². The number of aromatic amines is 1. The molecule has 0 saturated carbocycles. The Morgan fingerprint density at radius 2 is 2.28 bits per heavy atom. The summed E-state index contributed by atoms with van der Waals surface area (Å²) >= 11 is 4.86. The third-order valence-corrected chi connectivity index (χ3v) is 3.40. The Kier molecular flexibility index (Phi) is 4.08. The Morgan fingerprint density at radius 1 is 1.50 bits per heavy atom. The molecule has 18 heavy (non-hydrogen) atoms. The average Bonchev–Trinajstić information content (AvgIpc) is 2.28. The Bertz CT molecular complexity index is 628. The lowest BCUT2D eigenvalue weighted by Gasteiger charge is -2.05. The summed E-state index contributed by atoms with van der Waals surface area (Å²) in [5.41, 5.74) is 0.497. The third kappa shape index (κ3) is 2.76. The number of H-pyrrole nitrogens is 1. The highest BCUT2D eigenvalue weighted by molar-refractivity contribution is 9.10. The van der Waals surface area contributed by atoms with Crippen LogP contribution in [-0.2, 0) is 5.75 Å². The van der Waals surface area contributed by atoms with Gasteiger partial charge in [-0.25, -0.2) is 0 Å². The lowest BCUT2D eigenvalue weighted by atomic mass is 10.1. The first-order valence-corrected chi connectivity index (χ1v) is 7.37. The summed E-state index contributed by atoms with van der Waals surface area (Å²) in [6.07, 6.45) is 1.90. The monoisotopic (exact) mass is 326 g/mol. The molecule has 0 aliphatic heterocycles. The van der Waals surface area contributed by atoms with Crippen molar-refractivity contribution in [1.82, 2.24) is 9.97 Å². The van der Waals surface area contributed by atoms with E-state index in [1.807, 2.05) is 12.3 Å². The van der Waals surface area contributed by atoms with Crippen molar-refractivity contribution in [3.63, 3.8) is 0 Å². The summed E-state index contributed by atoms with van der Waals surface area (Å²) < 4.78 is 0.840. The van der Waals surface area contributed by atoms with Gasteiger partial charge in [-0.15, -0.1) is 0 Å². The Hall–Kier alpha value is -1.27. The van der Waals surface area contributed by atoms with Gasteiger partial charge < -0.3 is 10.1 Å². The Morgan fingerprint density at radius 3 is 2.89 bits per heavy atom. The van der Waals surface area contributed by atoms with E-state index < -0.39 is 0 Å². The van der Waals surface area contributed by atoms with Gasteiger partial charge >= 0.3 is 0 Å². The number of aromatic nitrogens is 2. The topological polar surface area (TPSA) is 66.0 Å². The highest BCUT2D eigenvalue weighted by atomic mass is 79.9. The normalized spacial score (nSPS) is 10.6. The van der Waals surface area contributed by atoms with Crippen LogP contribution in [0.15, 0.2) is 33.5 Å². The minimum atomic E-state index is -0.329. The van der Waals surface area contributed by atoms with Crippen LogP contribution in [-0.4, -0.2) is 21.3 Å². The Balaban J connectivity index is 2.55. The summed E-state index contributed by atoms with van der Waals surface area (Å²) in [6, 6.07) is 7.17. The van der Waals surface area contributed by atoms with Crippen molar-refractivity contribution in [2.45, 2.75) is 5.75 Å². The van der Waals surface area contributed by atoms with Crippen LogP contribution in [0.25, 0.3) is 11.1 Å². The molecule has 1 aromatic carbocycles. The van der Waals surface area contributed by atoms with Crippen LogP contribution in [0.1, 0.15) is 5.82 Å². The van der Waals surface area contributed by atoms with Crippen LogP contribution in [0.5, 0.6) is 5.88 Å². The van der Waals surface area contributed by atoms with E-state index in [2.05, 4.69) is 25.9 Å². The number of thioether (sulfide) groups is 1. The van der Waals surface area contributed by atoms with Crippen molar-refractivity contribution in [3.8, 4) is 17.0 Å². The number of nitrogens with one attached hydrogen (secondary N) is 1. The molecule has 1 heterocycles. The number of aromatic hydroxyl groups is 1. The second-order valence-electron chi connectivity index (χ2n) is 3.65. The molecule has 0 bridgehead atoms. The first-order valence-electron chi connectivity index (χ1n) is 5.19. The maximum atomic E-state index is 12.0. The van der Waals surface area contributed by atoms with Gasteiger partial charge in [0, 0.05) is 4.47 Å². The van der Waals surface area contributed by atoms with Gasteiger partial charge in [-0.1, -0.05) is 28.1 Å². The molecule has 0 saturated heterocycles. The minimum absolute atomic E-state index is 0.196. The van der Waals surface area contributed by atoms with Gasteiger partial charge in [-0.2, -0.15) is 16.7 Å². The number of rotatable bonds is 3. The fourth-order valence-corrected chi connectivity index (χ4v) is 2.43. The molecule has 2 rings (SSSR count). The SMILES string of the molecule is CSCc1nc(O)c(-c2cccc(Br)c2)c(=O)[nH]1. The van der Waals surface area contributed by atoms with E-state index in [0.29, 0.717) is 17.1 Å². The molecule has 0 fully saturated rings. The van der Waals surface area contributed by atoms with Crippen molar-refractivity contribution in [2.75, 3.05) is 6.26 Å². The molecule has 4 nitrogen and oxygen atoms in total. The van der Waals surface area contributed by atoms with Crippen LogP contribution in [0.2, 0.25) is 0 Å². The number of nitrogens with zero attached hydrogens (tertiary/aromatic N) is 1. The number of hydrogen-bond acceptors (Lipinski definition) is 4. The molecule has 0 amide bonds. The standard InChI is InChI=1S/C12H11BrN2O2S/c1-18-6-9-14-11(16)10(12(17)15-9)7-3-2-4-8(13)5-7/h2-5H,6H2,1H3,(H2,14,15,16,17). The molecule has 0 unspecified atom stereocenters. The van der Waals surface area contributed by atoms with E-state index in [0.717, 1.165) is 4.47 Å². The summed E-state index contributed by atoms with van der Waals surface area (Å²) in [7, 11) is 0. The van der Waals surface area contributed by atoms with E-state index in [1.165, 1.54) is 11.8 Å². The van der Waals surface area contributed by atoms with Gasteiger partial charge in [-0.3, -0.25) is 4.79 Å². The molecule has 0 atom stereocenters. The van der Waals surface area contributed by atoms with Crippen molar-refractivity contribution < 1.29 is 5.11 Å². The highest BCUT2D eigenvalue weighted by Gasteiger charge is 2.12. The second kappa shape index (κ2) is 5.58. The Labute approximate surface area is 117 Å². The molecular weight excluding hydrogens is 316 g/mol. The predicted molar refractivity (Wildman–Crippen MR) is 76.9 cm³/mol. The molecule has 6 heteroatoms. The van der Waals surface area contributed by atoms with E-state index in [9.17, 15) is 9.90 Å². The van der Waals surface area contributed by atoms with Crippen molar-refractivity contribution in [2.24, 2.45) is 0 Å². The summed E-state index contributed by atoms with van der Waals surface area (Å²) in [5, 5.41) is 9.89. The first-order chi connectivity index (χ1) is 8.61. The quantitative estimate of drug-likeness (QED) is 0.910. The maximum absolute atomic E-state index is 12.0. The van der Waals surface area contributed by atoms with Crippen LogP contribution in [0.4, 0.5) is 0 Å². The molecule has 0 spiro atoms. The smallest absolute Gasteiger partial charge is 0.262 e. The van der Waals surface area contributed by atoms with Crippen LogP contribution < -0.4 is 5.56 Å². The zero-order valence-electron chi connectivity index (χ0n) is 9.61. The number of hydrogen-bond donors (Lipinski definition) is 2. The van der Waals surface area contributed by atoms with E-state index >= 15 is 0 Å². The van der Waals surface area contributed by atoms with Gasteiger partial charge in [0.25, 0.3) is 5.56 Å². The zero-order chi connectivity index (χ0) is 13.1. The average molecular weight is 327 g/mol. The van der Waals surface area contributed by atoms with Crippen molar-refractivity contribution in [1.29, 1.82) is 0 Å². The molecule has 1 aromatic heterocycles. The highest BCUT2D eigenvalue weighted by Crippen LogP contribution is 2.26. The zero-order valence-corrected chi connectivity index (χ0v) is 12.0. The molecule has 0 aliphatic rings. The van der Waals surface area contributed by atoms with E-state index in [1.54, 1.807) is 18.2 Å². The fraction of sp³-hybridized carbons (Fsp3) is 0.167. The van der Waals surface area contributed by atoms with Gasteiger partial charge in [0.2, 0.25) is 5.88 Å². The largest absolute Gasteiger partial charge is 0.493 e.